The standard InChI is InChI=1S/C11H23N3O.2ClH/c1-14(2)10-5-3-4-9(8-10)13-11(15)6-7-12;;/h9-10H,3-8,12H2,1-2H3,(H,13,15);2*1H. The number of rotatable bonds is 4. The molecule has 0 radical (unpaired) electrons. The first-order chi connectivity index (χ1) is 7.13. The van der Waals surface area contributed by atoms with Crippen LogP contribution in [0.4, 0.5) is 0 Å². The maximum absolute atomic E-state index is 11.4. The third-order valence-corrected chi connectivity index (χ3v) is 3.11. The number of hydrogen-bond donors (Lipinski definition) is 2. The Labute approximate surface area is 117 Å². The molecule has 1 fully saturated rings. The second kappa shape index (κ2) is 9.95. The summed E-state index contributed by atoms with van der Waals surface area (Å²) in [7, 11) is 4.21. The number of nitrogens with one attached hydrogen (secondary N) is 1. The molecule has 1 rings (SSSR count). The average molecular weight is 286 g/mol. The fourth-order valence-electron chi connectivity index (χ4n) is 2.20. The maximum atomic E-state index is 11.4. The lowest BCUT2D eigenvalue weighted by Gasteiger charge is -2.33. The van der Waals surface area contributed by atoms with Gasteiger partial charge in [-0.2, -0.15) is 0 Å². The van der Waals surface area contributed by atoms with E-state index in [1.54, 1.807) is 0 Å². The molecular weight excluding hydrogens is 261 g/mol. The predicted molar refractivity (Wildman–Crippen MR) is 76.0 cm³/mol. The molecular formula is C11H25Cl2N3O. The summed E-state index contributed by atoms with van der Waals surface area (Å²) < 4.78 is 0. The molecule has 0 spiro atoms. The van der Waals surface area contributed by atoms with Crippen molar-refractivity contribution < 1.29 is 4.79 Å². The third kappa shape index (κ3) is 7.09. The van der Waals surface area contributed by atoms with Crippen molar-refractivity contribution in [3.63, 3.8) is 0 Å². The molecule has 4 nitrogen and oxygen atoms in total. The second-order valence-corrected chi connectivity index (χ2v) is 4.59. The molecule has 0 heterocycles. The fraction of sp³-hybridized carbons (Fsp3) is 0.909. The van der Waals surface area contributed by atoms with E-state index in [4.69, 9.17) is 5.73 Å². The molecule has 0 aromatic heterocycles. The zero-order valence-electron chi connectivity index (χ0n) is 10.6. The zero-order chi connectivity index (χ0) is 11.3. The highest BCUT2D eigenvalue weighted by Gasteiger charge is 2.23. The van der Waals surface area contributed by atoms with Crippen molar-refractivity contribution in [1.29, 1.82) is 0 Å². The molecule has 0 aliphatic heterocycles. The lowest BCUT2D eigenvalue weighted by atomic mass is 9.90. The van der Waals surface area contributed by atoms with Crippen molar-refractivity contribution in [1.82, 2.24) is 10.2 Å². The minimum atomic E-state index is 0. The van der Waals surface area contributed by atoms with Crippen LogP contribution in [0.3, 0.4) is 0 Å². The van der Waals surface area contributed by atoms with Gasteiger partial charge in [0.05, 0.1) is 0 Å². The number of nitrogens with two attached hydrogens (primary N) is 1. The molecule has 0 aromatic carbocycles. The molecule has 0 aromatic rings. The normalized spacial score (nSPS) is 23.5. The van der Waals surface area contributed by atoms with E-state index in [-0.39, 0.29) is 30.7 Å². The number of nitrogens with zero attached hydrogens (tertiary/aromatic N) is 1. The van der Waals surface area contributed by atoms with Gasteiger partial charge in [-0.1, -0.05) is 0 Å². The van der Waals surface area contributed by atoms with Crippen molar-refractivity contribution >= 4 is 30.7 Å². The molecule has 1 saturated carbocycles. The Hall–Kier alpha value is -0.0300. The summed E-state index contributed by atoms with van der Waals surface area (Å²) in [6, 6.07) is 0.965. The molecule has 0 saturated heterocycles. The molecule has 1 amide bonds. The molecule has 2 atom stereocenters. The molecule has 1 aliphatic carbocycles. The van der Waals surface area contributed by atoms with Crippen molar-refractivity contribution in [2.24, 2.45) is 5.73 Å². The quantitative estimate of drug-likeness (QED) is 0.815. The lowest BCUT2D eigenvalue weighted by Crippen LogP contribution is -2.44. The summed E-state index contributed by atoms with van der Waals surface area (Å²) in [5.41, 5.74) is 5.34. The van der Waals surface area contributed by atoms with Crippen LogP contribution in [0.2, 0.25) is 0 Å². The van der Waals surface area contributed by atoms with Gasteiger partial charge in [-0.3, -0.25) is 4.79 Å². The van der Waals surface area contributed by atoms with Crippen molar-refractivity contribution in [2.75, 3.05) is 20.6 Å². The summed E-state index contributed by atoms with van der Waals surface area (Å²) in [5, 5.41) is 3.06. The van der Waals surface area contributed by atoms with Gasteiger partial charge in [-0.15, -0.1) is 24.8 Å². The van der Waals surface area contributed by atoms with Gasteiger partial charge in [-0.05, 0) is 39.8 Å². The van der Waals surface area contributed by atoms with E-state index in [1.165, 1.54) is 12.8 Å². The summed E-state index contributed by atoms with van der Waals surface area (Å²) >= 11 is 0. The summed E-state index contributed by atoms with van der Waals surface area (Å²) in [6.07, 6.45) is 5.08. The highest BCUT2D eigenvalue weighted by Crippen LogP contribution is 2.21. The van der Waals surface area contributed by atoms with Crippen molar-refractivity contribution in [3.8, 4) is 0 Å². The van der Waals surface area contributed by atoms with Crippen LogP contribution in [0, 0.1) is 0 Å². The summed E-state index contributed by atoms with van der Waals surface area (Å²) in [4.78, 5) is 13.6. The topological polar surface area (TPSA) is 58.4 Å². The molecule has 3 N–H and O–H groups in total. The minimum Gasteiger partial charge on any atom is -0.353 e. The number of carbonyl (C=O) groups excluding carboxylic acids is 1. The number of amides is 1. The van der Waals surface area contributed by atoms with E-state index in [1.807, 2.05) is 0 Å². The number of halogens is 2. The average Bonchev–Trinajstić information content (AvgIpc) is 2.18. The van der Waals surface area contributed by atoms with E-state index >= 15 is 0 Å². The summed E-state index contributed by atoms with van der Waals surface area (Å²) in [5.74, 6) is 0.0990. The smallest absolute Gasteiger partial charge is 0.221 e. The highest BCUT2D eigenvalue weighted by molar-refractivity contribution is 5.85. The van der Waals surface area contributed by atoms with Crippen molar-refractivity contribution in [2.45, 2.75) is 44.2 Å². The van der Waals surface area contributed by atoms with E-state index in [0.717, 1.165) is 12.8 Å². The van der Waals surface area contributed by atoms with Crippen LogP contribution in [-0.4, -0.2) is 43.5 Å². The Kier molecular flexibility index (Phi) is 11.3. The molecule has 2 unspecified atom stereocenters. The first-order valence-electron chi connectivity index (χ1n) is 5.79. The third-order valence-electron chi connectivity index (χ3n) is 3.11. The van der Waals surface area contributed by atoms with Gasteiger partial charge >= 0.3 is 0 Å². The Morgan fingerprint density at radius 2 is 2.00 bits per heavy atom. The van der Waals surface area contributed by atoms with Gasteiger partial charge in [0, 0.05) is 25.0 Å². The Bertz CT molecular complexity index is 215. The zero-order valence-corrected chi connectivity index (χ0v) is 12.3. The van der Waals surface area contributed by atoms with E-state index in [9.17, 15) is 4.79 Å². The Morgan fingerprint density at radius 1 is 1.35 bits per heavy atom. The highest BCUT2D eigenvalue weighted by atomic mass is 35.5. The van der Waals surface area contributed by atoms with Crippen LogP contribution < -0.4 is 11.1 Å². The van der Waals surface area contributed by atoms with Crippen LogP contribution in [0.1, 0.15) is 32.1 Å². The van der Waals surface area contributed by atoms with Gasteiger partial charge < -0.3 is 16.0 Å². The SMILES string of the molecule is CN(C)C1CCCC(NC(=O)CCN)C1.Cl.Cl. The van der Waals surface area contributed by atoms with Crippen LogP contribution >= 0.6 is 24.8 Å². The lowest BCUT2D eigenvalue weighted by molar-refractivity contribution is -0.121. The van der Waals surface area contributed by atoms with Gasteiger partial charge in [0.15, 0.2) is 0 Å². The van der Waals surface area contributed by atoms with Gasteiger partial charge in [0.25, 0.3) is 0 Å². The maximum Gasteiger partial charge on any atom is 0.221 e. The second-order valence-electron chi connectivity index (χ2n) is 4.59. The van der Waals surface area contributed by atoms with Crippen LogP contribution in [0.15, 0.2) is 0 Å². The summed E-state index contributed by atoms with van der Waals surface area (Å²) in [6.45, 7) is 0.440. The molecule has 1 aliphatic rings. The fourth-order valence-corrected chi connectivity index (χ4v) is 2.20. The molecule has 104 valence electrons. The van der Waals surface area contributed by atoms with Crippen LogP contribution in [0.25, 0.3) is 0 Å². The Morgan fingerprint density at radius 3 is 2.53 bits per heavy atom. The van der Waals surface area contributed by atoms with E-state index < -0.39 is 0 Å². The first-order valence-corrected chi connectivity index (χ1v) is 5.79. The first kappa shape index (κ1) is 19.3. The predicted octanol–water partition coefficient (Wildman–Crippen LogP) is 1.17. The Balaban J connectivity index is 0. The van der Waals surface area contributed by atoms with Gasteiger partial charge in [-0.25, -0.2) is 0 Å². The van der Waals surface area contributed by atoms with Crippen molar-refractivity contribution in [3.05, 3.63) is 0 Å². The number of hydrogen-bond acceptors (Lipinski definition) is 3. The van der Waals surface area contributed by atoms with Crippen LogP contribution in [-0.2, 0) is 4.79 Å². The number of carbonyl (C=O) groups is 1. The molecule has 6 heteroatoms. The van der Waals surface area contributed by atoms with E-state index in [0.29, 0.717) is 25.0 Å². The van der Waals surface area contributed by atoms with Gasteiger partial charge in [0.2, 0.25) is 5.91 Å². The molecule has 17 heavy (non-hydrogen) atoms. The monoisotopic (exact) mass is 285 g/mol. The largest absolute Gasteiger partial charge is 0.353 e. The van der Waals surface area contributed by atoms with Gasteiger partial charge in [0.1, 0.15) is 0 Å². The minimum absolute atomic E-state index is 0. The van der Waals surface area contributed by atoms with E-state index in [2.05, 4.69) is 24.3 Å². The molecule has 0 bridgehead atoms. The van der Waals surface area contributed by atoms with Crippen LogP contribution in [0.5, 0.6) is 0 Å².